The van der Waals surface area contributed by atoms with Gasteiger partial charge in [0.15, 0.2) is 0 Å². The first-order chi connectivity index (χ1) is 7.58. The highest BCUT2D eigenvalue weighted by Crippen LogP contribution is 2.18. The van der Waals surface area contributed by atoms with Gasteiger partial charge < -0.3 is 15.3 Å². The fraction of sp³-hybridized carbons (Fsp3) is 0.778. The predicted octanol–water partition coefficient (Wildman–Crippen LogP) is -0.222. The van der Waals surface area contributed by atoms with E-state index in [-0.39, 0.29) is 18.9 Å². The zero-order valence-electron chi connectivity index (χ0n) is 8.70. The van der Waals surface area contributed by atoms with Crippen LogP contribution in [0.15, 0.2) is 12.2 Å². The quantitative estimate of drug-likeness (QED) is 0.240. The van der Waals surface area contributed by atoms with Gasteiger partial charge in [-0.2, -0.15) is 0 Å². The maximum Gasteiger partial charge on any atom is 0.241 e. The Bertz CT molecular complexity index is 236. The zero-order valence-corrected chi connectivity index (χ0v) is 9.45. The van der Waals surface area contributed by atoms with E-state index in [1.54, 1.807) is 0 Å². The summed E-state index contributed by atoms with van der Waals surface area (Å²) < 4.78 is 0. The highest BCUT2D eigenvalue weighted by Gasteiger charge is 2.34. The summed E-state index contributed by atoms with van der Waals surface area (Å²) in [7, 11) is 0. The monoisotopic (exact) mass is 253 g/mol. The van der Waals surface area contributed by atoms with Crippen molar-refractivity contribution in [2.45, 2.75) is 18.6 Å². The number of allylic oxidation sites excluding steroid dienone is 1. The summed E-state index contributed by atoms with van der Waals surface area (Å²) in [6.07, 6.45) is 2.06. The normalized spacial score (nSPS) is 17.2. The van der Waals surface area contributed by atoms with Crippen molar-refractivity contribution in [2.75, 3.05) is 19.1 Å². The van der Waals surface area contributed by atoms with Gasteiger partial charge in [-0.3, -0.25) is 10.1 Å². The van der Waals surface area contributed by atoms with Crippen LogP contribution in [-0.4, -0.2) is 51.5 Å². The van der Waals surface area contributed by atoms with E-state index >= 15 is 0 Å². The second-order valence-corrected chi connectivity index (χ2v) is 3.62. The van der Waals surface area contributed by atoms with Gasteiger partial charge in [-0.05, 0) is 6.42 Å². The topological polar surface area (TPSA) is 104 Å². The molecule has 3 atom stereocenters. The van der Waals surface area contributed by atoms with Crippen molar-refractivity contribution in [2.24, 2.45) is 5.92 Å². The first-order valence-electron chi connectivity index (χ1n) is 4.82. The van der Waals surface area contributed by atoms with Crippen LogP contribution in [0.2, 0.25) is 0 Å². The van der Waals surface area contributed by atoms with Gasteiger partial charge in [-0.1, -0.05) is 12.2 Å². The van der Waals surface area contributed by atoms with Crippen molar-refractivity contribution in [3.05, 3.63) is 22.3 Å². The Morgan fingerprint density at radius 2 is 2.00 bits per heavy atom. The van der Waals surface area contributed by atoms with E-state index in [2.05, 4.69) is 0 Å². The van der Waals surface area contributed by atoms with Crippen LogP contribution in [0.1, 0.15) is 6.42 Å². The fourth-order valence-corrected chi connectivity index (χ4v) is 1.60. The van der Waals surface area contributed by atoms with E-state index in [1.807, 2.05) is 0 Å². The van der Waals surface area contributed by atoms with Crippen LogP contribution in [0.25, 0.3) is 0 Å². The molecule has 3 unspecified atom stereocenters. The molecule has 0 aromatic rings. The van der Waals surface area contributed by atoms with Crippen LogP contribution >= 0.6 is 11.6 Å². The third-order valence-corrected chi connectivity index (χ3v) is 2.60. The molecule has 0 aliphatic rings. The minimum absolute atomic E-state index is 0.137. The van der Waals surface area contributed by atoms with Gasteiger partial charge in [0.2, 0.25) is 6.04 Å². The summed E-state index contributed by atoms with van der Waals surface area (Å²) in [6.45, 7) is -0.829. The van der Waals surface area contributed by atoms with Crippen LogP contribution in [0.5, 0.6) is 0 Å². The molecule has 0 aliphatic heterocycles. The second-order valence-electron chi connectivity index (χ2n) is 3.31. The van der Waals surface area contributed by atoms with Crippen molar-refractivity contribution >= 4 is 11.6 Å². The molecule has 0 fully saturated rings. The summed E-state index contributed by atoms with van der Waals surface area (Å²) >= 11 is 5.44. The SMILES string of the molecule is O=[N+]([O-])C(CO)C(CC=CCO)C(O)CCl. The molecule has 94 valence electrons. The van der Waals surface area contributed by atoms with Crippen molar-refractivity contribution in [1.82, 2.24) is 0 Å². The molecule has 0 aliphatic carbocycles. The molecule has 0 aromatic heterocycles. The molecule has 0 aromatic carbocycles. The van der Waals surface area contributed by atoms with Crippen LogP contribution in [0, 0.1) is 16.0 Å². The van der Waals surface area contributed by atoms with E-state index in [4.69, 9.17) is 21.8 Å². The number of alkyl halides is 1. The average Bonchev–Trinajstić information content (AvgIpc) is 2.26. The van der Waals surface area contributed by atoms with E-state index in [0.717, 1.165) is 0 Å². The molecule has 0 saturated carbocycles. The lowest BCUT2D eigenvalue weighted by molar-refractivity contribution is -0.537. The molecule has 6 nitrogen and oxygen atoms in total. The highest BCUT2D eigenvalue weighted by atomic mass is 35.5. The number of hydrogen-bond acceptors (Lipinski definition) is 5. The molecule has 3 N–H and O–H groups in total. The minimum atomic E-state index is -1.25. The molecule has 7 heteroatoms. The zero-order chi connectivity index (χ0) is 12.6. The number of halogens is 1. The van der Waals surface area contributed by atoms with Crippen molar-refractivity contribution in [3.63, 3.8) is 0 Å². The predicted molar refractivity (Wildman–Crippen MR) is 58.9 cm³/mol. The second kappa shape index (κ2) is 8.46. The maximum atomic E-state index is 10.6. The number of hydrogen-bond donors (Lipinski definition) is 3. The van der Waals surface area contributed by atoms with Crippen molar-refractivity contribution in [3.8, 4) is 0 Å². The minimum Gasteiger partial charge on any atom is -0.392 e. The van der Waals surface area contributed by atoms with Gasteiger partial charge >= 0.3 is 0 Å². The largest absolute Gasteiger partial charge is 0.392 e. The number of rotatable bonds is 8. The summed E-state index contributed by atoms with van der Waals surface area (Å²) in [5.74, 6) is -0.901. The number of aliphatic hydroxyl groups is 3. The average molecular weight is 254 g/mol. The molecule has 0 saturated heterocycles. The lowest BCUT2D eigenvalue weighted by atomic mass is 9.91. The maximum absolute atomic E-state index is 10.6. The van der Waals surface area contributed by atoms with Gasteiger partial charge in [0, 0.05) is 10.8 Å². The lowest BCUT2D eigenvalue weighted by Gasteiger charge is -2.21. The van der Waals surface area contributed by atoms with Crippen LogP contribution in [0.4, 0.5) is 0 Å². The standard InChI is InChI=1S/C9H16ClNO5/c10-5-9(14)7(3-1-2-4-12)8(6-13)11(15)16/h1-2,7-9,12-14H,3-6H2. The first-order valence-corrected chi connectivity index (χ1v) is 5.36. The fourth-order valence-electron chi connectivity index (χ4n) is 1.37. The third kappa shape index (κ3) is 4.89. The molecule has 0 bridgehead atoms. The molecule has 0 heterocycles. The van der Waals surface area contributed by atoms with Gasteiger partial charge in [0.25, 0.3) is 0 Å². The molecule has 0 spiro atoms. The molecule has 0 rings (SSSR count). The van der Waals surface area contributed by atoms with E-state index in [0.29, 0.717) is 0 Å². The summed E-state index contributed by atoms with van der Waals surface area (Å²) in [5, 5.41) is 37.6. The Hall–Kier alpha value is -0.690. The van der Waals surface area contributed by atoms with E-state index in [1.165, 1.54) is 12.2 Å². The number of aliphatic hydroxyl groups excluding tert-OH is 3. The highest BCUT2D eigenvalue weighted by molar-refractivity contribution is 6.18. The van der Waals surface area contributed by atoms with Gasteiger partial charge in [-0.15, -0.1) is 11.6 Å². The molecule has 0 amide bonds. The molecular formula is C9H16ClNO5. The van der Waals surface area contributed by atoms with Crippen LogP contribution in [-0.2, 0) is 0 Å². The van der Waals surface area contributed by atoms with E-state index in [9.17, 15) is 15.2 Å². The summed E-state index contributed by atoms with van der Waals surface area (Å²) in [5.41, 5.74) is 0. The smallest absolute Gasteiger partial charge is 0.241 e. The molecule has 16 heavy (non-hydrogen) atoms. The Morgan fingerprint density at radius 1 is 1.38 bits per heavy atom. The Morgan fingerprint density at radius 3 is 2.38 bits per heavy atom. The Balaban J connectivity index is 4.62. The Kier molecular flexibility index (Phi) is 8.10. The van der Waals surface area contributed by atoms with Crippen molar-refractivity contribution < 1.29 is 20.2 Å². The van der Waals surface area contributed by atoms with Crippen molar-refractivity contribution in [1.29, 1.82) is 0 Å². The first kappa shape index (κ1) is 15.3. The number of nitro groups is 1. The lowest BCUT2D eigenvalue weighted by Crippen LogP contribution is -2.40. The molecular weight excluding hydrogens is 238 g/mol. The van der Waals surface area contributed by atoms with Gasteiger partial charge in [-0.25, -0.2) is 0 Å². The third-order valence-electron chi connectivity index (χ3n) is 2.28. The molecule has 0 radical (unpaired) electrons. The summed E-state index contributed by atoms with van der Waals surface area (Å²) in [4.78, 5) is 10.0. The Labute approximate surface area is 98.3 Å². The summed E-state index contributed by atoms with van der Waals surface area (Å²) in [6, 6.07) is -1.25. The van der Waals surface area contributed by atoms with Crippen LogP contribution in [0.3, 0.4) is 0 Å². The van der Waals surface area contributed by atoms with E-state index < -0.39 is 29.6 Å². The number of nitrogens with zero attached hydrogens (tertiary/aromatic N) is 1. The van der Waals surface area contributed by atoms with Gasteiger partial charge in [0.05, 0.1) is 18.6 Å². The van der Waals surface area contributed by atoms with Gasteiger partial charge in [0.1, 0.15) is 6.61 Å². The van der Waals surface area contributed by atoms with Crippen LogP contribution < -0.4 is 0 Å².